The fourth-order valence-corrected chi connectivity index (χ4v) is 3.43. The summed E-state index contributed by atoms with van der Waals surface area (Å²) in [4.78, 5) is 25.2. The van der Waals surface area contributed by atoms with Crippen molar-refractivity contribution in [1.82, 2.24) is 24.6 Å². The third-order valence-electron chi connectivity index (χ3n) is 4.95. The van der Waals surface area contributed by atoms with Crippen LogP contribution in [0.25, 0.3) is 11.0 Å². The Bertz CT molecular complexity index is 1010. The molecule has 28 heavy (non-hydrogen) atoms. The van der Waals surface area contributed by atoms with Crippen LogP contribution in [0.4, 0.5) is 15.9 Å². The number of rotatable bonds is 4. The van der Waals surface area contributed by atoms with Crippen molar-refractivity contribution in [2.24, 2.45) is 7.05 Å². The van der Waals surface area contributed by atoms with Crippen molar-refractivity contribution >= 4 is 28.4 Å². The molecular weight excluding hydrogens is 361 g/mol. The van der Waals surface area contributed by atoms with Crippen LogP contribution < -0.4 is 10.2 Å². The van der Waals surface area contributed by atoms with Crippen LogP contribution in [0.1, 0.15) is 5.56 Å². The molecule has 2 aromatic heterocycles. The summed E-state index contributed by atoms with van der Waals surface area (Å²) in [6.45, 7) is 4.96. The monoisotopic (exact) mass is 383 g/mol. The summed E-state index contributed by atoms with van der Waals surface area (Å²) in [6.07, 6.45) is 3.33. The van der Waals surface area contributed by atoms with Gasteiger partial charge in [-0.1, -0.05) is 6.07 Å². The highest BCUT2D eigenvalue weighted by Gasteiger charge is 2.22. The van der Waals surface area contributed by atoms with Crippen LogP contribution >= 0.6 is 0 Å². The number of nitrogens with zero attached hydrogens (tertiary/aromatic N) is 6. The van der Waals surface area contributed by atoms with Gasteiger partial charge in [-0.25, -0.2) is 14.4 Å². The van der Waals surface area contributed by atoms with Crippen LogP contribution in [0, 0.1) is 12.7 Å². The lowest BCUT2D eigenvalue weighted by atomic mass is 10.2. The summed E-state index contributed by atoms with van der Waals surface area (Å²) in [5, 5.41) is 7.83. The number of carbonyl (C=O) groups excluding carboxylic acids is 1. The summed E-state index contributed by atoms with van der Waals surface area (Å²) >= 11 is 0. The number of anilines is 2. The second-order valence-electron chi connectivity index (χ2n) is 7.00. The minimum absolute atomic E-state index is 0.215. The quantitative estimate of drug-likeness (QED) is 0.737. The molecule has 0 spiro atoms. The van der Waals surface area contributed by atoms with E-state index in [1.165, 1.54) is 6.07 Å². The van der Waals surface area contributed by atoms with Gasteiger partial charge in [0.25, 0.3) is 0 Å². The van der Waals surface area contributed by atoms with E-state index >= 15 is 0 Å². The minimum Gasteiger partial charge on any atom is -0.353 e. The van der Waals surface area contributed by atoms with Gasteiger partial charge in [0.05, 0.1) is 23.8 Å². The van der Waals surface area contributed by atoms with E-state index in [-0.39, 0.29) is 18.1 Å². The number of nitrogens with one attached hydrogen (secondary N) is 1. The second kappa shape index (κ2) is 7.51. The van der Waals surface area contributed by atoms with Gasteiger partial charge >= 0.3 is 0 Å². The highest BCUT2D eigenvalue weighted by atomic mass is 19.1. The number of benzene rings is 1. The average Bonchev–Trinajstić information content (AvgIpc) is 3.06. The predicted octanol–water partition coefficient (Wildman–Crippen LogP) is 1.57. The highest BCUT2D eigenvalue weighted by Crippen LogP contribution is 2.23. The molecule has 0 saturated carbocycles. The van der Waals surface area contributed by atoms with E-state index in [2.05, 4.69) is 30.2 Å². The van der Waals surface area contributed by atoms with Crippen molar-refractivity contribution in [3.63, 3.8) is 0 Å². The zero-order valence-electron chi connectivity index (χ0n) is 15.9. The topological polar surface area (TPSA) is 79.2 Å². The Morgan fingerprint density at radius 2 is 2.00 bits per heavy atom. The van der Waals surface area contributed by atoms with E-state index in [0.717, 1.165) is 48.6 Å². The molecule has 1 N–H and O–H groups in total. The molecule has 0 aliphatic carbocycles. The largest absolute Gasteiger partial charge is 0.353 e. The Morgan fingerprint density at radius 1 is 1.21 bits per heavy atom. The maximum atomic E-state index is 13.9. The molecule has 0 radical (unpaired) electrons. The predicted molar refractivity (Wildman–Crippen MR) is 105 cm³/mol. The Morgan fingerprint density at radius 3 is 2.75 bits per heavy atom. The number of fused-ring (bicyclic) bond motifs is 1. The first-order chi connectivity index (χ1) is 13.5. The van der Waals surface area contributed by atoms with Crippen LogP contribution in [0.3, 0.4) is 0 Å². The first-order valence-electron chi connectivity index (χ1n) is 9.17. The molecule has 146 valence electrons. The molecule has 1 amide bonds. The number of aromatic nitrogens is 4. The molecular formula is C19H22FN7O. The normalized spacial score (nSPS) is 15.2. The van der Waals surface area contributed by atoms with Gasteiger partial charge in [-0.05, 0) is 24.6 Å². The fraction of sp³-hybridized carbons (Fsp3) is 0.368. The van der Waals surface area contributed by atoms with Crippen molar-refractivity contribution in [3.05, 3.63) is 42.1 Å². The van der Waals surface area contributed by atoms with E-state index in [9.17, 15) is 9.18 Å². The van der Waals surface area contributed by atoms with Crippen molar-refractivity contribution < 1.29 is 9.18 Å². The molecule has 1 aliphatic heterocycles. The smallest absolute Gasteiger partial charge is 0.238 e. The second-order valence-corrected chi connectivity index (χ2v) is 7.00. The third kappa shape index (κ3) is 3.65. The zero-order chi connectivity index (χ0) is 19.7. The molecule has 0 atom stereocenters. The molecule has 4 rings (SSSR count). The highest BCUT2D eigenvalue weighted by molar-refractivity contribution is 5.92. The Kier molecular flexibility index (Phi) is 4.91. The Labute approximate surface area is 162 Å². The molecule has 3 aromatic rings. The van der Waals surface area contributed by atoms with Crippen LogP contribution in [0.2, 0.25) is 0 Å². The number of piperazine rings is 1. The molecule has 0 unspecified atom stereocenters. The minimum atomic E-state index is -0.414. The van der Waals surface area contributed by atoms with Gasteiger partial charge in [0.15, 0.2) is 5.65 Å². The van der Waals surface area contributed by atoms with Crippen LogP contribution in [-0.4, -0.2) is 63.3 Å². The zero-order valence-corrected chi connectivity index (χ0v) is 15.9. The maximum Gasteiger partial charge on any atom is 0.238 e. The van der Waals surface area contributed by atoms with Crippen molar-refractivity contribution in [1.29, 1.82) is 0 Å². The molecule has 1 fully saturated rings. The van der Waals surface area contributed by atoms with Crippen LogP contribution in [0.15, 0.2) is 30.7 Å². The Hall–Kier alpha value is -3.07. The number of amides is 1. The number of carbonyl (C=O) groups is 1. The van der Waals surface area contributed by atoms with E-state index in [1.807, 2.05) is 14.0 Å². The standard InChI is InChI=1S/C19H22FN7O/c1-13-3-4-16(15(20)9-13)24-17(28)11-26-5-7-27(8-6-26)19-14-10-23-25(2)18(14)21-12-22-19/h3-4,9-10,12H,5-8,11H2,1-2H3,(H,24,28). The summed E-state index contributed by atoms with van der Waals surface area (Å²) in [5.74, 6) is 0.235. The first-order valence-corrected chi connectivity index (χ1v) is 9.17. The molecule has 9 heteroatoms. The maximum absolute atomic E-state index is 13.9. The summed E-state index contributed by atoms with van der Waals surface area (Å²) in [5.41, 5.74) is 1.83. The molecule has 1 saturated heterocycles. The van der Waals surface area contributed by atoms with E-state index < -0.39 is 5.82 Å². The molecule has 1 aromatic carbocycles. The van der Waals surface area contributed by atoms with Gasteiger partial charge in [-0.15, -0.1) is 0 Å². The lowest BCUT2D eigenvalue weighted by molar-refractivity contribution is -0.117. The lowest BCUT2D eigenvalue weighted by Crippen LogP contribution is -2.49. The number of halogens is 1. The molecule has 0 bridgehead atoms. The number of hydrogen-bond acceptors (Lipinski definition) is 6. The third-order valence-corrected chi connectivity index (χ3v) is 4.95. The fourth-order valence-electron chi connectivity index (χ4n) is 3.43. The number of hydrogen-bond donors (Lipinski definition) is 1. The van der Waals surface area contributed by atoms with Gasteiger partial charge in [0.1, 0.15) is 18.0 Å². The van der Waals surface area contributed by atoms with Gasteiger partial charge in [-0.2, -0.15) is 5.10 Å². The van der Waals surface area contributed by atoms with E-state index in [4.69, 9.17) is 0 Å². The molecule has 8 nitrogen and oxygen atoms in total. The van der Waals surface area contributed by atoms with Gasteiger partial charge in [0.2, 0.25) is 5.91 Å². The lowest BCUT2D eigenvalue weighted by Gasteiger charge is -2.35. The SMILES string of the molecule is Cc1ccc(NC(=O)CN2CCN(c3ncnc4c3cnn4C)CC2)c(F)c1. The summed E-state index contributed by atoms with van der Waals surface area (Å²) < 4.78 is 15.6. The van der Waals surface area contributed by atoms with Crippen LogP contribution in [0.5, 0.6) is 0 Å². The van der Waals surface area contributed by atoms with Gasteiger partial charge in [-0.3, -0.25) is 14.4 Å². The summed E-state index contributed by atoms with van der Waals surface area (Å²) in [7, 11) is 1.85. The Balaban J connectivity index is 1.35. The number of aryl methyl sites for hydroxylation is 2. The average molecular weight is 383 g/mol. The molecule has 1 aliphatic rings. The van der Waals surface area contributed by atoms with E-state index in [0.29, 0.717) is 0 Å². The van der Waals surface area contributed by atoms with Crippen molar-refractivity contribution in [2.75, 3.05) is 42.9 Å². The van der Waals surface area contributed by atoms with Crippen molar-refractivity contribution in [3.8, 4) is 0 Å². The van der Waals surface area contributed by atoms with Gasteiger partial charge in [0, 0.05) is 33.2 Å². The van der Waals surface area contributed by atoms with E-state index in [1.54, 1.807) is 29.3 Å². The molecule has 3 heterocycles. The van der Waals surface area contributed by atoms with Gasteiger partial charge < -0.3 is 10.2 Å². The summed E-state index contributed by atoms with van der Waals surface area (Å²) in [6, 6.07) is 4.78. The first kappa shape index (κ1) is 18.3. The van der Waals surface area contributed by atoms with Crippen LogP contribution in [-0.2, 0) is 11.8 Å². The van der Waals surface area contributed by atoms with Crippen molar-refractivity contribution in [2.45, 2.75) is 6.92 Å².